The third-order valence-electron chi connectivity index (χ3n) is 2.87. The van der Waals surface area contributed by atoms with E-state index in [1.165, 1.54) is 12.1 Å². The van der Waals surface area contributed by atoms with E-state index >= 15 is 0 Å². The van der Waals surface area contributed by atoms with Crippen molar-refractivity contribution in [2.75, 3.05) is 6.54 Å². The first-order chi connectivity index (χ1) is 10.1. The predicted molar refractivity (Wildman–Crippen MR) is 76.5 cm³/mol. The van der Waals surface area contributed by atoms with Crippen LogP contribution in [0.2, 0.25) is 0 Å². The zero-order valence-electron chi connectivity index (χ0n) is 11.4. The molecule has 0 saturated heterocycles. The fraction of sp³-hybridized carbons (Fsp3) is 0.188. The molecule has 0 atom stereocenters. The first-order valence-electron chi connectivity index (χ1n) is 6.53. The number of carboxylic acid groups (broad SMARTS) is 1. The van der Waals surface area contributed by atoms with Crippen LogP contribution in [0, 0.1) is 5.82 Å². The van der Waals surface area contributed by atoms with Crippen LogP contribution >= 0.6 is 0 Å². The number of carboxylic acids is 1. The van der Waals surface area contributed by atoms with Gasteiger partial charge in [-0.15, -0.1) is 0 Å². The highest BCUT2D eigenvalue weighted by atomic mass is 19.1. The van der Waals surface area contributed by atoms with Crippen LogP contribution < -0.4 is 10.1 Å². The van der Waals surface area contributed by atoms with Gasteiger partial charge in [0.15, 0.2) is 0 Å². The van der Waals surface area contributed by atoms with Crippen LogP contribution in [0.25, 0.3) is 0 Å². The van der Waals surface area contributed by atoms with Crippen molar-refractivity contribution in [2.24, 2.45) is 0 Å². The molecule has 2 aromatic carbocycles. The molecule has 0 amide bonds. The first-order valence-corrected chi connectivity index (χ1v) is 6.53. The maximum absolute atomic E-state index is 12.8. The molecule has 0 spiro atoms. The molecule has 2 aromatic rings. The summed E-state index contributed by atoms with van der Waals surface area (Å²) in [6, 6.07) is 13.5. The van der Waals surface area contributed by atoms with Crippen molar-refractivity contribution in [3.8, 4) is 5.75 Å². The van der Waals surface area contributed by atoms with E-state index in [2.05, 4.69) is 5.32 Å². The Morgan fingerprint density at radius 3 is 2.57 bits per heavy atom. The van der Waals surface area contributed by atoms with Crippen LogP contribution in [-0.4, -0.2) is 17.6 Å². The van der Waals surface area contributed by atoms with Crippen LogP contribution in [0.15, 0.2) is 48.5 Å². The van der Waals surface area contributed by atoms with Gasteiger partial charge in [-0.25, -0.2) is 4.39 Å². The van der Waals surface area contributed by atoms with Crippen molar-refractivity contribution < 1.29 is 19.0 Å². The Bertz CT molecular complexity index is 599. The summed E-state index contributed by atoms with van der Waals surface area (Å²) in [5.74, 6) is -0.503. The highest BCUT2D eigenvalue weighted by molar-refractivity contribution is 5.69. The van der Waals surface area contributed by atoms with E-state index in [9.17, 15) is 9.18 Å². The third kappa shape index (κ3) is 4.89. The Hall–Kier alpha value is -2.40. The highest BCUT2D eigenvalue weighted by Gasteiger charge is 2.04. The molecule has 110 valence electrons. The molecule has 0 aliphatic heterocycles. The van der Waals surface area contributed by atoms with E-state index in [4.69, 9.17) is 9.84 Å². The molecule has 0 aliphatic carbocycles. The highest BCUT2D eigenvalue weighted by Crippen LogP contribution is 2.19. The Labute approximate surface area is 122 Å². The SMILES string of the molecule is O=C(O)CNCc1ccccc1OCc1ccc(F)cc1. The number of hydrogen-bond acceptors (Lipinski definition) is 3. The number of aliphatic carboxylic acids is 1. The van der Waals surface area contributed by atoms with Gasteiger partial charge in [0.25, 0.3) is 0 Å². The van der Waals surface area contributed by atoms with E-state index in [1.54, 1.807) is 12.1 Å². The molecule has 21 heavy (non-hydrogen) atoms. The van der Waals surface area contributed by atoms with Gasteiger partial charge in [0.05, 0.1) is 6.54 Å². The molecule has 0 unspecified atom stereocenters. The van der Waals surface area contributed by atoms with E-state index in [0.29, 0.717) is 18.9 Å². The molecule has 0 saturated carbocycles. The minimum atomic E-state index is -0.903. The Morgan fingerprint density at radius 2 is 1.86 bits per heavy atom. The second-order valence-corrected chi connectivity index (χ2v) is 4.52. The fourth-order valence-corrected chi connectivity index (χ4v) is 1.84. The van der Waals surface area contributed by atoms with Crippen LogP contribution in [-0.2, 0) is 17.9 Å². The van der Waals surface area contributed by atoms with E-state index in [1.807, 2.05) is 24.3 Å². The minimum absolute atomic E-state index is 0.105. The molecule has 0 aromatic heterocycles. The summed E-state index contributed by atoms with van der Waals surface area (Å²) in [4.78, 5) is 10.5. The second-order valence-electron chi connectivity index (χ2n) is 4.52. The monoisotopic (exact) mass is 289 g/mol. The molecular weight excluding hydrogens is 273 g/mol. The van der Waals surface area contributed by atoms with Gasteiger partial charge < -0.3 is 15.2 Å². The Morgan fingerprint density at radius 1 is 1.14 bits per heavy atom. The van der Waals surface area contributed by atoms with Gasteiger partial charge in [0.1, 0.15) is 18.2 Å². The zero-order valence-corrected chi connectivity index (χ0v) is 11.4. The van der Waals surface area contributed by atoms with Gasteiger partial charge in [-0.3, -0.25) is 4.79 Å². The first kappa shape index (κ1) is 15.0. The molecular formula is C16H16FNO3. The third-order valence-corrected chi connectivity index (χ3v) is 2.87. The molecule has 0 radical (unpaired) electrons. The minimum Gasteiger partial charge on any atom is -0.489 e. The summed E-state index contributed by atoms with van der Waals surface area (Å²) in [5.41, 5.74) is 1.74. The summed E-state index contributed by atoms with van der Waals surface area (Å²) in [6.07, 6.45) is 0. The van der Waals surface area contributed by atoms with E-state index < -0.39 is 5.97 Å². The second kappa shape index (κ2) is 7.40. The zero-order chi connectivity index (χ0) is 15.1. The smallest absolute Gasteiger partial charge is 0.317 e. The number of ether oxygens (including phenoxy) is 1. The number of para-hydroxylation sites is 1. The normalized spacial score (nSPS) is 10.3. The lowest BCUT2D eigenvalue weighted by molar-refractivity contribution is -0.136. The van der Waals surface area contributed by atoms with Gasteiger partial charge in [0, 0.05) is 12.1 Å². The molecule has 5 heteroatoms. The van der Waals surface area contributed by atoms with Gasteiger partial charge in [-0.1, -0.05) is 30.3 Å². The van der Waals surface area contributed by atoms with Crippen molar-refractivity contribution in [2.45, 2.75) is 13.2 Å². The fourth-order valence-electron chi connectivity index (χ4n) is 1.84. The summed E-state index contributed by atoms with van der Waals surface area (Å²) >= 11 is 0. The molecule has 2 N–H and O–H groups in total. The molecule has 2 rings (SSSR count). The summed E-state index contributed by atoms with van der Waals surface area (Å²) in [5, 5.41) is 11.4. The number of carbonyl (C=O) groups is 1. The molecule has 0 fully saturated rings. The standard InChI is InChI=1S/C16H16FNO3/c17-14-7-5-12(6-8-14)11-21-15-4-2-1-3-13(15)9-18-10-16(19)20/h1-8,18H,9-11H2,(H,19,20). The number of hydrogen-bond donors (Lipinski definition) is 2. The molecule has 0 bridgehead atoms. The quantitative estimate of drug-likeness (QED) is 0.822. The maximum Gasteiger partial charge on any atom is 0.317 e. The van der Waals surface area contributed by atoms with Crippen molar-refractivity contribution in [3.05, 3.63) is 65.5 Å². The van der Waals surface area contributed by atoms with Gasteiger partial charge >= 0.3 is 5.97 Å². The number of rotatable bonds is 7. The summed E-state index contributed by atoms with van der Waals surface area (Å²) < 4.78 is 18.5. The van der Waals surface area contributed by atoms with Gasteiger partial charge in [-0.05, 0) is 23.8 Å². The van der Waals surface area contributed by atoms with Crippen LogP contribution in [0.5, 0.6) is 5.75 Å². The summed E-state index contributed by atoms with van der Waals surface area (Å²) in [7, 11) is 0. The molecule has 0 aliphatic rings. The topological polar surface area (TPSA) is 58.6 Å². The molecule has 0 heterocycles. The lowest BCUT2D eigenvalue weighted by atomic mass is 10.2. The van der Waals surface area contributed by atoms with Crippen LogP contribution in [0.4, 0.5) is 4.39 Å². The lowest BCUT2D eigenvalue weighted by Gasteiger charge is -2.11. The number of benzene rings is 2. The van der Waals surface area contributed by atoms with Gasteiger partial charge in [0.2, 0.25) is 0 Å². The number of nitrogens with one attached hydrogen (secondary N) is 1. The average molecular weight is 289 g/mol. The average Bonchev–Trinajstić information content (AvgIpc) is 2.47. The van der Waals surface area contributed by atoms with Gasteiger partial charge in [-0.2, -0.15) is 0 Å². The lowest BCUT2D eigenvalue weighted by Crippen LogP contribution is -2.22. The Kier molecular flexibility index (Phi) is 5.29. The van der Waals surface area contributed by atoms with Crippen LogP contribution in [0.3, 0.4) is 0 Å². The maximum atomic E-state index is 12.8. The van der Waals surface area contributed by atoms with E-state index in [0.717, 1.165) is 11.1 Å². The summed E-state index contributed by atoms with van der Waals surface area (Å²) in [6.45, 7) is 0.633. The number of halogens is 1. The van der Waals surface area contributed by atoms with Crippen molar-refractivity contribution in [3.63, 3.8) is 0 Å². The Balaban J connectivity index is 1.96. The van der Waals surface area contributed by atoms with Crippen molar-refractivity contribution >= 4 is 5.97 Å². The predicted octanol–water partition coefficient (Wildman–Crippen LogP) is 2.58. The molecule has 4 nitrogen and oxygen atoms in total. The van der Waals surface area contributed by atoms with Crippen molar-refractivity contribution in [1.82, 2.24) is 5.32 Å². The van der Waals surface area contributed by atoms with Crippen molar-refractivity contribution in [1.29, 1.82) is 0 Å². The largest absolute Gasteiger partial charge is 0.489 e. The van der Waals surface area contributed by atoms with E-state index in [-0.39, 0.29) is 12.4 Å². The van der Waals surface area contributed by atoms with Crippen LogP contribution in [0.1, 0.15) is 11.1 Å².